The number of nitrogens with two attached hydrogens (primary N) is 1. The summed E-state index contributed by atoms with van der Waals surface area (Å²) in [5.41, 5.74) is 7.97. The molecule has 0 aliphatic carbocycles. The van der Waals surface area contributed by atoms with Crippen molar-refractivity contribution < 1.29 is 14.1 Å². The first-order chi connectivity index (χ1) is 9.26. The molecular formula is C13H17N3O3. The smallest absolute Gasteiger partial charge is 0.166 e. The van der Waals surface area contributed by atoms with E-state index in [0.29, 0.717) is 36.0 Å². The maximum absolute atomic E-state index is 5.77. The molecule has 0 fully saturated rings. The highest BCUT2D eigenvalue weighted by Gasteiger charge is 2.12. The normalized spacial score (nSPS) is 10.5. The van der Waals surface area contributed by atoms with Gasteiger partial charge in [-0.2, -0.15) is 0 Å². The minimum atomic E-state index is 0.270. The first-order valence-electron chi connectivity index (χ1n) is 6.11. The summed E-state index contributed by atoms with van der Waals surface area (Å²) in [6.07, 6.45) is 0. The molecule has 0 unspecified atom stereocenters. The minimum absolute atomic E-state index is 0.270. The maximum atomic E-state index is 5.77. The fraction of sp³-hybridized carbons (Fsp3) is 0.385. The van der Waals surface area contributed by atoms with Crippen molar-refractivity contribution in [3.05, 3.63) is 35.2 Å². The van der Waals surface area contributed by atoms with Gasteiger partial charge in [0.1, 0.15) is 18.0 Å². The molecule has 2 aromatic rings. The Morgan fingerprint density at radius 3 is 2.74 bits per heavy atom. The summed E-state index contributed by atoms with van der Waals surface area (Å²) in [7, 11) is 0. The number of para-hydroxylation sites is 1. The van der Waals surface area contributed by atoms with Gasteiger partial charge >= 0.3 is 0 Å². The second kappa shape index (κ2) is 6.19. The third-order valence-corrected chi connectivity index (χ3v) is 2.68. The van der Waals surface area contributed by atoms with E-state index in [9.17, 15) is 0 Å². The lowest BCUT2D eigenvalue weighted by molar-refractivity contribution is 0.251. The zero-order valence-electron chi connectivity index (χ0n) is 11.0. The molecular weight excluding hydrogens is 246 g/mol. The lowest BCUT2D eigenvalue weighted by Crippen LogP contribution is -2.06. The van der Waals surface area contributed by atoms with Crippen molar-refractivity contribution in [1.29, 1.82) is 0 Å². The predicted octanol–water partition coefficient (Wildman–Crippen LogP) is 1.81. The largest absolute Gasteiger partial charge is 0.490 e. The van der Waals surface area contributed by atoms with Crippen LogP contribution in [0.15, 0.2) is 22.8 Å². The number of rotatable bonds is 6. The topological polar surface area (TPSA) is 83.4 Å². The zero-order valence-corrected chi connectivity index (χ0v) is 11.0. The van der Waals surface area contributed by atoms with Gasteiger partial charge in [0.2, 0.25) is 0 Å². The average molecular weight is 263 g/mol. The van der Waals surface area contributed by atoms with E-state index >= 15 is 0 Å². The molecule has 0 amide bonds. The van der Waals surface area contributed by atoms with Gasteiger partial charge in [-0.3, -0.25) is 0 Å². The highest BCUT2D eigenvalue weighted by atomic mass is 16.6. The second-order valence-electron chi connectivity index (χ2n) is 3.97. The van der Waals surface area contributed by atoms with Crippen LogP contribution in [0.2, 0.25) is 0 Å². The Hall–Kier alpha value is -2.08. The molecule has 0 radical (unpaired) electrons. The maximum Gasteiger partial charge on any atom is 0.166 e. The summed E-state index contributed by atoms with van der Waals surface area (Å²) in [6.45, 7) is 4.95. The molecule has 0 aliphatic rings. The molecule has 1 aromatic carbocycles. The Labute approximate surface area is 111 Å². The van der Waals surface area contributed by atoms with Gasteiger partial charge in [-0.15, -0.1) is 0 Å². The van der Waals surface area contributed by atoms with Crippen LogP contribution in [0.4, 0.5) is 0 Å². The third kappa shape index (κ3) is 3.03. The van der Waals surface area contributed by atoms with E-state index in [0.717, 1.165) is 5.56 Å². The minimum Gasteiger partial charge on any atom is -0.490 e. The van der Waals surface area contributed by atoms with Crippen molar-refractivity contribution in [2.75, 3.05) is 6.61 Å². The van der Waals surface area contributed by atoms with Crippen LogP contribution >= 0.6 is 0 Å². The third-order valence-electron chi connectivity index (χ3n) is 2.68. The van der Waals surface area contributed by atoms with Gasteiger partial charge in [0.05, 0.1) is 6.61 Å². The molecule has 0 atom stereocenters. The SMILES string of the molecule is CCOc1cccc(CN)c1OCc1nonc1C. The molecule has 1 aromatic heterocycles. The first kappa shape index (κ1) is 13.4. The number of nitrogens with zero attached hydrogens (tertiary/aromatic N) is 2. The highest BCUT2D eigenvalue weighted by molar-refractivity contribution is 5.46. The Bertz CT molecular complexity index is 540. The number of aryl methyl sites for hydroxylation is 1. The molecule has 19 heavy (non-hydrogen) atoms. The Kier molecular flexibility index (Phi) is 4.35. The second-order valence-corrected chi connectivity index (χ2v) is 3.97. The molecule has 0 bridgehead atoms. The molecule has 0 spiro atoms. The predicted molar refractivity (Wildman–Crippen MR) is 68.9 cm³/mol. The fourth-order valence-electron chi connectivity index (χ4n) is 1.68. The van der Waals surface area contributed by atoms with Gasteiger partial charge in [0.15, 0.2) is 11.5 Å². The fourth-order valence-corrected chi connectivity index (χ4v) is 1.68. The van der Waals surface area contributed by atoms with Crippen LogP contribution in [0.1, 0.15) is 23.9 Å². The van der Waals surface area contributed by atoms with Crippen molar-refractivity contribution >= 4 is 0 Å². The summed E-state index contributed by atoms with van der Waals surface area (Å²) in [5.74, 6) is 1.33. The molecule has 1 heterocycles. The summed E-state index contributed by atoms with van der Waals surface area (Å²) < 4.78 is 15.9. The molecule has 0 saturated carbocycles. The van der Waals surface area contributed by atoms with E-state index in [2.05, 4.69) is 14.9 Å². The van der Waals surface area contributed by atoms with Crippen molar-refractivity contribution in [1.82, 2.24) is 10.3 Å². The summed E-state index contributed by atoms with van der Waals surface area (Å²) in [6, 6.07) is 5.65. The van der Waals surface area contributed by atoms with Gasteiger partial charge in [-0.25, -0.2) is 4.63 Å². The van der Waals surface area contributed by atoms with Crippen molar-refractivity contribution in [2.24, 2.45) is 5.73 Å². The zero-order chi connectivity index (χ0) is 13.7. The lowest BCUT2D eigenvalue weighted by Gasteiger charge is -2.14. The van der Waals surface area contributed by atoms with E-state index in [1.54, 1.807) is 0 Å². The van der Waals surface area contributed by atoms with Crippen molar-refractivity contribution in [2.45, 2.75) is 27.0 Å². The molecule has 0 saturated heterocycles. The number of benzene rings is 1. The number of hydrogen-bond acceptors (Lipinski definition) is 6. The van der Waals surface area contributed by atoms with Crippen LogP contribution in [0, 0.1) is 6.92 Å². The number of hydrogen-bond donors (Lipinski definition) is 1. The monoisotopic (exact) mass is 263 g/mol. The summed E-state index contributed by atoms with van der Waals surface area (Å²) in [5, 5.41) is 7.49. The quantitative estimate of drug-likeness (QED) is 0.855. The summed E-state index contributed by atoms with van der Waals surface area (Å²) >= 11 is 0. The van der Waals surface area contributed by atoms with E-state index in [-0.39, 0.29) is 6.61 Å². The molecule has 2 N–H and O–H groups in total. The number of ether oxygens (including phenoxy) is 2. The van der Waals surface area contributed by atoms with E-state index in [4.69, 9.17) is 15.2 Å². The van der Waals surface area contributed by atoms with E-state index in [1.807, 2.05) is 32.0 Å². The van der Waals surface area contributed by atoms with Crippen LogP contribution in [0.5, 0.6) is 11.5 Å². The average Bonchev–Trinajstić information content (AvgIpc) is 2.83. The van der Waals surface area contributed by atoms with Crippen LogP contribution in [-0.2, 0) is 13.2 Å². The van der Waals surface area contributed by atoms with Gasteiger partial charge in [-0.1, -0.05) is 22.4 Å². The van der Waals surface area contributed by atoms with Crippen LogP contribution in [0.25, 0.3) is 0 Å². The summed E-state index contributed by atoms with van der Waals surface area (Å²) in [4.78, 5) is 0. The van der Waals surface area contributed by atoms with Gasteiger partial charge in [-0.05, 0) is 19.9 Å². The van der Waals surface area contributed by atoms with Crippen LogP contribution in [-0.4, -0.2) is 16.9 Å². The molecule has 102 valence electrons. The van der Waals surface area contributed by atoms with Gasteiger partial charge in [0.25, 0.3) is 0 Å². The lowest BCUT2D eigenvalue weighted by atomic mass is 10.2. The van der Waals surface area contributed by atoms with Gasteiger partial charge in [0, 0.05) is 12.1 Å². The number of aromatic nitrogens is 2. The highest BCUT2D eigenvalue weighted by Crippen LogP contribution is 2.31. The van der Waals surface area contributed by atoms with E-state index < -0.39 is 0 Å². The standard InChI is InChI=1S/C13H17N3O3/c1-3-17-12-6-4-5-10(7-14)13(12)18-8-11-9(2)15-19-16-11/h4-6H,3,7-8,14H2,1-2H3. The Balaban J connectivity index is 2.20. The Morgan fingerprint density at radius 1 is 1.26 bits per heavy atom. The van der Waals surface area contributed by atoms with Crippen molar-refractivity contribution in [3.8, 4) is 11.5 Å². The van der Waals surface area contributed by atoms with Crippen LogP contribution < -0.4 is 15.2 Å². The molecule has 6 nitrogen and oxygen atoms in total. The van der Waals surface area contributed by atoms with Crippen molar-refractivity contribution in [3.63, 3.8) is 0 Å². The molecule has 6 heteroatoms. The van der Waals surface area contributed by atoms with E-state index in [1.165, 1.54) is 0 Å². The van der Waals surface area contributed by atoms with Crippen LogP contribution in [0.3, 0.4) is 0 Å². The van der Waals surface area contributed by atoms with Gasteiger partial charge < -0.3 is 15.2 Å². The Morgan fingerprint density at radius 2 is 2.11 bits per heavy atom. The molecule has 0 aliphatic heterocycles. The first-order valence-corrected chi connectivity index (χ1v) is 6.11. The molecule has 2 rings (SSSR count).